The lowest BCUT2D eigenvalue weighted by molar-refractivity contribution is 0.0395. The van der Waals surface area contributed by atoms with Crippen molar-refractivity contribution in [1.29, 1.82) is 0 Å². The minimum Gasteiger partial charge on any atom is -0.414 e. The van der Waals surface area contributed by atoms with Crippen molar-refractivity contribution in [2.24, 2.45) is 11.7 Å². The predicted molar refractivity (Wildman–Crippen MR) is 150 cm³/mol. The highest BCUT2D eigenvalue weighted by molar-refractivity contribution is 6.74. The van der Waals surface area contributed by atoms with Crippen LogP contribution in [0.3, 0.4) is 0 Å². The molecule has 194 valence electrons. The van der Waals surface area contributed by atoms with E-state index in [0.29, 0.717) is 23.5 Å². The summed E-state index contributed by atoms with van der Waals surface area (Å²) in [6, 6.07) is 17.7. The number of aliphatic hydroxyl groups excluding tert-OH is 1. The van der Waals surface area contributed by atoms with Gasteiger partial charge in [0, 0.05) is 17.1 Å². The van der Waals surface area contributed by atoms with E-state index in [0.717, 1.165) is 40.7 Å². The van der Waals surface area contributed by atoms with Gasteiger partial charge < -0.3 is 15.3 Å². The average Bonchev–Trinajstić information content (AvgIpc) is 3.28. The molecule has 0 unspecified atom stereocenters. The Hall–Kier alpha value is -2.91. The minimum atomic E-state index is -1.77. The fourth-order valence-corrected chi connectivity index (χ4v) is 6.04. The monoisotopic (exact) mass is 515 g/mol. The molecule has 3 aromatic heterocycles. The lowest BCUT2D eigenvalue weighted by Crippen LogP contribution is -2.49. The summed E-state index contributed by atoms with van der Waals surface area (Å²) in [5, 5.41) is 15.2. The van der Waals surface area contributed by atoms with Crippen LogP contribution in [0.1, 0.15) is 51.0 Å². The summed E-state index contributed by atoms with van der Waals surface area (Å²) in [7, 11) is -1.77. The largest absolute Gasteiger partial charge is 0.414 e. The summed E-state index contributed by atoms with van der Waals surface area (Å²) in [5.74, 6) is 1.05. The van der Waals surface area contributed by atoms with Gasteiger partial charge in [0.1, 0.15) is 0 Å². The van der Waals surface area contributed by atoms with Gasteiger partial charge in [0.15, 0.2) is 14.1 Å². The lowest BCUT2D eigenvalue weighted by atomic mass is 9.76. The molecule has 3 heterocycles. The number of benzene rings is 1. The van der Waals surface area contributed by atoms with Gasteiger partial charge >= 0.3 is 0 Å². The quantitative estimate of drug-likeness (QED) is 0.303. The van der Waals surface area contributed by atoms with Crippen LogP contribution < -0.4 is 5.73 Å². The summed E-state index contributed by atoms with van der Waals surface area (Å²) < 4.78 is 8.37. The van der Waals surface area contributed by atoms with Crippen LogP contribution in [-0.2, 0) is 11.0 Å². The minimum absolute atomic E-state index is 0.112. The van der Waals surface area contributed by atoms with Crippen molar-refractivity contribution in [3.05, 3.63) is 72.2 Å². The van der Waals surface area contributed by atoms with Crippen LogP contribution in [0.15, 0.2) is 60.8 Å². The van der Waals surface area contributed by atoms with Gasteiger partial charge in [-0.15, -0.1) is 0 Å². The molecule has 0 spiro atoms. The van der Waals surface area contributed by atoms with E-state index in [2.05, 4.69) is 56.1 Å². The molecule has 1 atom stereocenters. The fourth-order valence-electron chi connectivity index (χ4n) is 4.66. The second kappa shape index (κ2) is 9.76. The van der Waals surface area contributed by atoms with Crippen molar-refractivity contribution in [3.8, 4) is 17.1 Å². The second-order valence-corrected chi connectivity index (χ2v) is 16.4. The number of pyridine rings is 2. The Balaban J connectivity index is 1.35. The van der Waals surface area contributed by atoms with Crippen LogP contribution in [0.2, 0.25) is 18.1 Å². The van der Waals surface area contributed by atoms with Gasteiger partial charge in [0.2, 0.25) is 0 Å². The Morgan fingerprint density at radius 2 is 1.84 bits per heavy atom. The molecule has 5 rings (SSSR count). The maximum Gasteiger partial charge on any atom is 0.192 e. The van der Waals surface area contributed by atoms with Gasteiger partial charge in [-0.3, -0.25) is 4.98 Å². The third-order valence-electron chi connectivity index (χ3n) is 8.06. The van der Waals surface area contributed by atoms with Gasteiger partial charge in [-0.25, -0.2) is 9.67 Å². The number of nitrogens with two attached hydrogens (primary N) is 1. The highest BCUT2D eigenvalue weighted by Gasteiger charge is 2.43. The Morgan fingerprint density at radius 1 is 1.08 bits per heavy atom. The molecule has 0 bridgehead atoms. The number of rotatable bonds is 7. The van der Waals surface area contributed by atoms with Gasteiger partial charge in [-0.1, -0.05) is 45.0 Å². The second-order valence-electron chi connectivity index (χ2n) is 11.7. The molecule has 37 heavy (non-hydrogen) atoms. The summed E-state index contributed by atoms with van der Waals surface area (Å²) in [6.07, 6.45) is 4.11. The van der Waals surface area contributed by atoms with Crippen LogP contribution in [-0.4, -0.2) is 39.3 Å². The van der Waals surface area contributed by atoms with Gasteiger partial charge in [-0.2, -0.15) is 5.10 Å². The number of aromatic nitrogens is 4. The zero-order valence-corrected chi connectivity index (χ0v) is 23.3. The molecule has 1 fully saturated rings. The number of hydrogen-bond donors (Lipinski definition) is 2. The van der Waals surface area contributed by atoms with Crippen molar-refractivity contribution in [1.82, 2.24) is 19.7 Å². The van der Waals surface area contributed by atoms with Gasteiger partial charge in [-0.05, 0) is 67.2 Å². The maximum absolute atomic E-state index is 9.48. The number of hydrogen-bond acceptors (Lipinski definition) is 6. The van der Waals surface area contributed by atoms with E-state index in [1.54, 1.807) is 10.7 Å². The van der Waals surface area contributed by atoms with Gasteiger partial charge in [0.25, 0.3) is 0 Å². The van der Waals surface area contributed by atoms with Crippen LogP contribution in [0, 0.1) is 5.92 Å². The van der Waals surface area contributed by atoms with Crippen LogP contribution in [0.4, 0.5) is 0 Å². The summed E-state index contributed by atoms with van der Waals surface area (Å²) in [6.45, 7) is 11.4. The third kappa shape index (κ3) is 5.11. The Kier molecular flexibility index (Phi) is 6.78. The third-order valence-corrected chi connectivity index (χ3v) is 12.6. The fraction of sp³-hybridized carbons (Fsp3) is 0.414. The predicted octanol–water partition coefficient (Wildman–Crippen LogP) is 5.78. The topological polar surface area (TPSA) is 99.1 Å². The van der Waals surface area contributed by atoms with E-state index in [1.807, 2.05) is 42.6 Å². The summed E-state index contributed by atoms with van der Waals surface area (Å²) in [5.41, 5.74) is 11.0. The molecule has 0 amide bonds. The highest BCUT2D eigenvalue weighted by Crippen LogP contribution is 2.44. The van der Waals surface area contributed by atoms with Gasteiger partial charge in [0.05, 0.1) is 41.4 Å². The van der Waals surface area contributed by atoms with E-state index >= 15 is 0 Å². The Morgan fingerprint density at radius 3 is 2.57 bits per heavy atom. The summed E-state index contributed by atoms with van der Waals surface area (Å²) in [4.78, 5) is 9.48. The van der Waals surface area contributed by atoms with Crippen molar-refractivity contribution in [3.63, 3.8) is 0 Å². The zero-order chi connectivity index (χ0) is 26.4. The first kappa shape index (κ1) is 25.7. The molecule has 1 aromatic carbocycles. The van der Waals surface area contributed by atoms with Crippen LogP contribution in [0.5, 0.6) is 0 Å². The van der Waals surface area contributed by atoms with Crippen LogP contribution in [0.25, 0.3) is 28.0 Å². The molecule has 7 nitrogen and oxygen atoms in total. The molecule has 1 saturated carbocycles. The molecule has 4 aromatic rings. The molecular formula is C29H37N5O2Si. The molecular weight excluding hydrogens is 478 g/mol. The smallest absolute Gasteiger partial charge is 0.192 e. The molecule has 0 saturated heterocycles. The Bertz CT molecular complexity index is 1400. The first-order chi connectivity index (χ1) is 17.6. The zero-order valence-electron chi connectivity index (χ0n) is 22.3. The molecule has 1 aliphatic carbocycles. The first-order valence-corrected chi connectivity index (χ1v) is 15.9. The number of nitrogens with zero attached hydrogens (tertiary/aromatic N) is 4. The average molecular weight is 516 g/mol. The standard InChI is InChI=1S/C29H37N5O2Si/c1-29(2,3)37(4,5)36-23-14-21(15-23)28(30)25-10-7-9-24(33-25)19-12-13-20-17-31-34(26(20)16-19)27-11-6-8-22(18-35)32-27/h6-13,16-17,21,23,28,35H,14-15,18,30H2,1-5H3/t21?,23?,28-/m1/s1. The Labute approximate surface area is 219 Å². The van der Waals surface area contributed by atoms with Crippen molar-refractivity contribution in [2.45, 2.75) is 70.5 Å². The first-order valence-electron chi connectivity index (χ1n) is 13.0. The van der Waals surface area contributed by atoms with E-state index in [-0.39, 0.29) is 17.7 Å². The molecule has 8 heteroatoms. The molecule has 1 aliphatic rings. The lowest BCUT2D eigenvalue weighted by Gasteiger charge is -2.46. The van der Waals surface area contributed by atoms with E-state index in [9.17, 15) is 5.11 Å². The van der Waals surface area contributed by atoms with Crippen molar-refractivity contribution < 1.29 is 9.53 Å². The molecule has 0 aliphatic heterocycles. The van der Waals surface area contributed by atoms with E-state index in [1.165, 1.54) is 0 Å². The summed E-state index contributed by atoms with van der Waals surface area (Å²) >= 11 is 0. The van der Waals surface area contributed by atoms with Crippen LogP contribution >= 0.6 is 0 Å². The number of fused-ring (bicyclic) bond motifs is 1. The highest BCUT2D eigenvalue weighted by atomic mass is 28.4. The SMILES string of the molecule is CC(C)(C)[Si](C)(C)OC1CC([C@@H](N)c2cccc(-c3ccc4cnn(-c5cccc(CO)n5)c4c3)n2)C1. The molecule has 3 N–H and O–H groups in total. The maximum atomic E-state index is 9.48. The van der Waals surface area contributed by atoms with Crippen molar-refractivity contribution >= 4 is 19.2 Å². The molecule has 0 radical (unpaired) electrons. The normalized spacial score (nSPS) is 19.1. The van der Waals surface area contributed by atoms with E-state index in [4.69, 9.17) is 15.1 Å². The van der Waals surface area contributed by atoms with E-state index < -0.39 is 8.32 Å². The number of aliphatic hydroxyl groups is 1. The van der Waals surface area contributed by atoms with Crippen molar-refractivity contribution in [2.75, 3.05) is 0 Å².